The first-order valence-corrected chi connectivity index (χ1v) is 6.39. The molecule has 0 aliphatic carbocycles. The van der Waals surface area contributed by atoms with Crippen molar-refractivity contribution in [1.29, 1.82) is 0 Å². The Balaban J connectivity index is 4.43. The summed E-state index contributed by atoms with van der Waals surface area (Å²) in [6.07, 6.45) is -1.25. The molecule has 0 fully saturated rings. The van der Waals surface area contributed by atoms with Crippen LogP contribution in [0.3, 0.4) is 0 Å². The molecular weight excluding hydrogens is 284 g/mol. The Morgan fingerprint density at radius 1 is 0.905 bits per heavy atom. The van der Waals surface area contributed by atoms with Gasteiger partial charge < -0.3 is 14.2 Å². The fourth-order valence-electron chi connectivity index (χ4n) is 1.32. The van der Waals surface area contributed by atoms with E-state index in [2.05, 4.69) is 9.47 Å². The zero-order valence-corrected chi connectivity index (χ0v) is 12.2. The van der Waals surface area contributed by atoms with Crippen molar-refractivity contribution in [1.82, 2.24) is 0 Å². The number of hydrogen-bond donors (Lipinski definition) is 0. The van der Waals surface area contributed by atoms with Gasteiger partial charge in [0.05, 0.1) is 0 Å². The van der Waals surface area contributed by atoms with E-state index >= 15 is 0 Å². The molecule has 0 saturated carbocycles. The summed E-state index contributed by atoms with van der Waals surface area (Å²) in [6, 6.07) is 0. The third kappa shape index (κ3) is 9.31. The number of carbonyl (C=O) groups excluding carboxylic acids is 5. The molecule has 0 N–H and O–H groups in total. The van der Waals surface area contributed by atoms with Crippen LogP contribution in [-0.4, -0.2) is 36.0 Å². The minimum atomic E-state index is -1.27. The maximum atomic E-state index is 11.6. The first-order valence-electron chi connectivity index (χ1n) is 6.39. The quantitative estimate of drug-likeness (QED) is 0.383. The molecule has 21 heavy (non-hydrogen) atoms. The second kappa shape index (κ2) is 9.62. The molecule has 0 saturated heterocycles. The van der Waals surface area contributed by atoms with Crippen molar-refractivity contribution in [3.05, 3.63) is 0 Å². The standard InChI is InChI=1S/C13H18O8/c1-4-11(16)21-10(13(18)20-9(3)15)6-5-7-12(17)19-8(2)14/h10H,4-7H2,1-3H3. The summed E-state index contributed by atoms with van der Waals surface area (Å²) in [5.74, 6) is -3.93. The maximum absolute atomic E-state index is 11.6. The lowest BCUT2D eigenvalue weighted by molar-refractivity contribution is -0.173. The molecule has 0 radical (unpaired) electrons. The van der Waals surface area contributed by atoms with E-state index in [-0.39, 0.29) is 25.7 Å². The number of carbonyl (C=O) groups is 5. The Morgan fingerprint density at radius 3 is 1.95 bits per heavy atom. The lowest BCUT2D eigenvalue weighted by atomic mass is 10.1. The van der Waals surface area contributed by atoms with Crippen LogP contribution in [-0.2, 0) is 38.2 Å². The van der Waals surface area contributed by atoms with Crippen LogP contribution in [0.5, 0.6) is 0 Å². The Morgan fingerprint density at radius 2 is 1.48 bits per heavy atom. The molecule has 8 heteroatoms. The molecule has 0 aliphatic heterocycles. The number of hydrogen-bond acceptors (Lipinski definition) is 8. The second-order valence-corrected chi connectivity index (χ2v) is 4.10. The molecule has 0 aromatic heterocycles. The van der Waals surface area contributed by atoms with Crippen molar-refractivity contribution in [2.45, 2.75) is 52.6 Å². The highest BCUT2D eigenvalue weighted by molar-refractivity contribution is 5.88. The Bertz CT molecular complexity index is 426. The summed E-state index contributed by atoms with van der Waals surface area (Å²) in [6.45, 7) is 3.68. The summed E-state index contributed by atoms with van der Waals surface area (Å²) in [4.78, 5) is 55.2. The fourth-order valence-corrected chi connectivity index (χ4v) is 1.32. The van der Waals surface area contributed by atoms with Gasteiger partial charge in [-0.05, 0) is 12.8 Å². The smallest absolute Gasteiger partial charge is 0.355 e. The summed E-state index contributed by atoms with van der Waals surface area (Å²) >= 11 is 0. The van der Waals surface area contributed by atoms with Gasteiger partial charge in [-0.3, -0.25) is 19.2 Å². The van der Waals surface area contributed by atoms with Crippen molar-refractivity contribution in [3.63, 3.8) is 0 Å². The van der Waals surface area contributed by atoms with Gasteiger partial charge in [-0.15, -0.1) is 0 Å². The molecule has 0 heterocycles. The van der Waals surface area contributed by atoms with Crippen LogP contribution in [0.2, 0.25) is 0 Å². The third-order valence-corrected chi connectivity index (χ3v) is 2.17. The van der Waals surface area contributed by atoms with Crippen molar-refractivity contribution < 1.29 is 38.2 Å². The van der Waals surface area contributed by atoms with Crippen molar-refractivity contribution in [2.24, 2.45) is 0 Å². The van der Waals surface area contributed by atoms with Gasteiger partial charge in [-0.25, -0.2) is 4.79 Å². The molecule has 0 bridgehead atoms. The molecule has 0 aromatic carbocycles. The van der Waals surface area contributed by atoms with E-state index in [1.807, 2.05) is 0 Å². The largest absolute Gasteiger partial charge is 0.450 e. The van der Waals surface area contributed by atoms with Gasteiger partial charge in [-0.1, -0.05) is 6.92 Å². The molecule has 1 unspecified atom stereocenters. The summed E-state index contributed by atoms with van der Waals surface area (Å²) < 4.78 is 13.5. The first kappa shape index (κ1) is 18.8. The minimum absolute atomic E-state index is 0.0230. The highest BCUT2D eigenvalue weighted by atomic mass is 16.6. The van der Waals surface area contributed by atoms with Crippen molar-refractivity contribution in [3.8, 4) is 0 Å². The Hall–Kier alpha value is -2.25. The average Bonchev–Trinajstić information content (AvgIpc) is 2.35. The predicted octanol–water partition coefficient (Wildman–Crippen LogP) is 0.658. The molecule has 1 atom stereocenters. The van der Waals surface area contributed by atoms with Crippen molar-refractivity contribution >= 4 is 29.8 Å². The van der Waals surface area contributed by atoms with E-state index in [0.29, 0.717) is 0 Å². The topological polar surface area (TPSA) is 113 Å². The van der Waals surface area contributed by atoms with Crippen LogP contribution in [0.15, 0.2) is 0 Å². The van der Waals surface area contributed by atoms with Crippen LogP contribution in [0, 0.1) is 0 Å². The van der Waals surface area contributed by atoms with Gasteiger partial charge in [0.25, 0.3) is 0 Å². The van der Waals surface area contributed by atoms with Gasteiger partial charge in [0, 0.05) is 26.7 Å². The monoisotopic (exact) mass is 302 g/mol. The summed E-state index contributed by atoms with van der Waals surface area (Å²) in [7, 11) is 0. The summed E-state index contributed by atoms with van der Waals surface area (Å²) in [5, 5.41) is 0. The van der Waals surface area contributed by atoms with Gasteiger partial charge in [0.1, 0.15) is 0 Å². The molecule has 0 aromatic rings. The number of rotatable bonds is 7. The van der Waals surface area contributed by atoms with Gasteiger partial charge >= 0.3 is 29.8 Å². The molecule has 0 rings (SSSR count). The van der Waals surface area contributed by atoms with E-state index in [1.54, 1.807) is 6.92 Å². The normalized spacial score (nSPS) is 11.2. The molecule has 0 aliphatic rings. The lowest BCUT2D eigenvalue weighted by Gasteiger charge is -2.15. The van der Waals surface area contributed by atoms with E-state index in [1.165, 1.54) is 0 Å². The molecule has 118 valence electrons. The van der Waals surface area contributed by atoms with Crippen LogP contribution < -0.4 is 0 Å². The zero-order chi connectivity index (χ0) is 16.4. The van der Waals surface area contributed by atoms with Crippen LogP contribution in [0.25, 0.3) is 0 Å². The fraction of sp³-hybridized carbons (Fsp3) is 0.615. The van der Waals surface area contributed by atoms with E-state index in [0.717, 1.165) is 13.8 Å². The maximum Gasteiger partial charge on any atom is 0.355 e. The van der Waals surface area contributed by atoms with Crippen molar-refractivity contribution in [2.75, 3.05) is 0 Å². The Kier molecular flexibility index (Phi) is 8.59. The Labute approximate surface area is 121 Å². The minimum Gasteiger partial charge on any atom is -0.450 e. The second-order valence-electron chi connectivity index (χ2n) is 4.10. The van der Waals surface area contributed by atoms with Crippen LogP contribution >= 0.6 is 0 Å². The lowest BCUT2D eigenvalue weighted by Crippen LogP contribution is -2.30. The third-order valence-electron chi connectivity index (χ3n) is 2.17. The average molecular weight is 302 g/mol. The number of ether oxygens (including phenoxy) is 3. The van der Waals surface area contributed by atoms with Crippen LogP contribution in [0.1, 0.15) is 46.5 Å². The van der Waals surface area contributed by atoms with Crippen LogP contribution in [0.4, 0.5) is 0 Å². The SMILES string of the molecule is CCC(=O)OC(CCCC(=O)OC(C)=O)C(=O)OC(C)=O. The summed E-state index contributed by atoms with van der Waals surface area (Å²) in [5.41, 5.74) is 0. The van der Waals surface area contributed by atoms with E-state index in [4.69, 9.17) is 4.74 Å². The zero-order valence-electron chi connectivity index (χ0n) is 12.2. The molecule has 8 nitrogen and oxygen atoms in total. The highest BCUT2D eigenvalue weighted by Gasteiger charge is 2.25. The van der Waals surface area contributed by atoms with Gasteiger partial charge in [0.15, 0.2) is 6.10 Å². The van der Waals surface area contributed by atoms with Gasteiger partial charge in [0.2, 0.25) is 0 Å². The number of esters is 5. The first-order chi connectivity index (χ1) is 9.76. The molecular formula is C13H18O8. The predicted molar refractivity (Wildman–Crippen MR) is 67.6 cm³/mol. The molecule has 0 spiro atoms. The molecule has 0 amide bonds. The van der Waals surface area contributed by atoms with E-state index < -0.39 is 36.0 Å². The van der Waals surface area contributed by atoms with E-state index in [9.17, 15) is 24.0 Å². The van der Waals surface area contributed by atoms with Gasteiger partial charge in [-0.2, -0.15) is 0 Å². The highest BCUT2D eigenvalue weighted by Crippen LogP contribution is 2.10.